The summed E-state index contributed by atoms with van der Waals surface area (Å²) in [4.78, 5) is 26.0. The van der Waals surface area contributed by atoms with Crippen LogP contribution in [0.2, 0.25) is 0 Å². The van der Waals surface area contributed by atoms with Crippen molar-refractivity contribution in [2.45, 2.75) is 4.59 Å². The number of alkyl halides is 3. The molecule has 0 aromatic carbocycles. The Kier molecular flexibility index (Phi) is 3.28. The molecule has 0 bridgehead atoms. The average molecular weight is 227 g/mol. The van der Waals surface area contributed by atoms with Gasteiger partial charge in [-0.25, -0.2) is 9.36 Å². The highest BCUT2D eigenvalue weighted by Crippen LogP contribution is 2.39. The van der Waals surface area contributed by atoms with Gasteiger partial charge in [-0.15, -0.1) is 0 Å². The molecule has 0 heterocycles. The lowest BCUT2D eigenvalue weighted by atomic mass is 10.8. The highest BCUT2D eigenvalue weighted by atomic mass is 35.5. The third kappa shape index (κ3) is 5.41. The number of hydrogen-bond acceptors (Lipinski definition) is 3. The van der Waals surface area contributed by atoms with Crippen LogP contribution in [0.4, 0.5) is 4.39 Å². The monoisotopic (exact) mass is 226 g/mol. The van der Waals surface area contributed by atoms with Gasteiger partial charge in [-0.1, -0.05) is 23.2 Å². The molecule has 0 aromatic heterocycles. The molecule has 0 spiro atoms. The van der Waals surface area contributed by atoms with Crippen molar-refractivity contribution in [3.63, 3.8) is 0 Å². The Morgan fingerprint density at radius 2 is 1.91 bits per heavy atom. The molecule has 0 aromatic rings. The fourth-order valence-electron chi connectivity index (χ4n) is 0.160. The van der Waals surface area contributed by atoms with Crippen molar-refractivity contribution in [3.05, 3.63) is 0 Å². The molecule has 0 saturated heterocycles. The number of phosphoric ester groups is 1. The minimum atomic E-state index is -5.08. The molecule has 0 unspecified atom stereocenters. The molecule has 0 radical (unpaired) electrons. The summed E-state index contributed by atoms with van der Waals surface area (Å²) >= 11 is 8.94. The minimum Gasteiger partial charge on any atom is -0.366 e. The van der Waals surface area contributed by atoms with E-state index in [1.165, 1.54) is 0 Å². The maximum Gasteiger partial charge on any atom is 0.527 e. The Bertz CT molecular complexity index is 205. The van der Waals surface area contributed by atoms with Crippen molar-refractivity contribution in [3.8, 4) is 0 Å². The van der Waals surface area contributed by atoms with Crippen LogP contribution in [-0.4, -0.2) is 20.3 Å². The van der Waals surface area contributed by atoms with E-state index in [1.807, 2.05) is 0 Å². The van der Waals surface area contributed by atoms with E-state index in [4.69, 9.17) is 9.79 Å². The third-order valence-electron chi connectivity index (χ3n) is 0.433. The maximum absolute atomic E-state index is 12.0. The zero-order valence-electron chi connectivity index (χ0n) is 4.70. The number of hydrogen-bond donors (Lipinski definition) is 2. The van der Waals surface area contributed by atoms with Crippen LogP contribution in [0.5, 0.6) is 0 Å². The second-order valence-electron chi connectivity index (χ2n) is 1.37. The minimum absolute atomic E-state index is 2.05. The molecule has 66 valence electrons. The summed E-state index contributed by atoms with van der Waals surface area (Å²) in [7, 11) is -5.08. The molecule has 0 aliphatic heterocycles. The van der Waals surface area contributed by atoms with E-state index in [0.717, 1.165) is 0 Å². The number of phosphoric acid groups is 1. The lowest BCUT2D eigenvalue weighted by molar-refractivity contribution is -0.140. The van der Waals surface area contributed by atoms with E-state index in [-0.39, 0.29) is 0 Å². The van der Waals surface area contributed by atoms with Crippen LogP contribution in [0.3, 0.4) is 0 Å². The molecule has 0 aliphatic carbocycles. The van der Waals surface area contributed by atoms with Crippen LogP contribution in [-0.2, 0) is 13.9 Å². The molecule has 9 heteroatoms. The highest BCUT2D eigenvalue weighted by molar-refractivity contribution is 7.47. The third-order valence-corrected chi connectivity index (χ3v) is 1.15. The summed E-state index contributed by atoms with van der Waals surface area (Å²) in [5, 5.41) is 0. The van der Waals surface area contributed by atoms with Crippen LogP contribution in [0.1, 0.15) is 0 Å². The summed E-state index contributed by atoms with van der Waals surface area (Å²) in [6.07, 6.45) is 0. The molecule has 0 rings (SSSR count). The van der Waals surface area contributed by atoms with Crippen molar-refractivity contribution in [1.82, 2.24) is 0 Å². The second-order valence-corrected chi connectivity index (χ2v) is 3.77. The van der Waals surface area contributed by atoms with Crippen LogP contribution in [0, 0.1) is 0 Å². The van der Waals surface area contributed by atoms with E-state index in [0.29, 0.717) is 0 Å². The largest absolute Gasteiger partial charge is 0.527 e. The molecule has 0 amide bonds. The van der Waals surface area contributed by atoms with Gasteiger partial charge < -0.3 is 4.52 Å². The zero-order chi connectivity index (χ0) is 9.28. The fourth-order valence-corrected chi connectivity index (χ4v) is 0.686. The number of halogens is 3. The van der Waals surface area contributed by atoms with E-state index < -0.39 is 18.4 Å². The van der Waals surface area contributed by atoms with Crippen molar-refractivity contribution in [1.29, 1.82) is 0 Å². The van der Waals surface area contributed by atoms with Crippen molar-refractivity contribution in [2.75, 3.05) is 0 Å². The van der Waals surface area contributed by atoms with Gasteiger partial charge in [-0.05, 0) is 0 Å². The van der Waals surface area contributed by atoms with Gasteiger partial charge >= 0.3 is 18.4 Å². The first-order valence-electron chi connectivity index (χ1n) is 1.99. The van der Waals surface area contributed by atoms with Crippen molar-refractivity contribution >= 4 is 37.0 Å². The van der Waals surface area contributed by atoms with E-state index in [1.54, 1.807) is 0 Å². The first kappa shape index (κ1) is 11.1. The van der Waals surface area contributed by atoms with Gasteiger partial charge in [0.2, 0.25) is 0 Å². The molecule has 5 nitrogen and oxygen atoms in total. The maximum atomic E-state index is 12.0. The molecule has 2 N–H and O–H groups in total. The van der Waals surface area contributed by atoms with Crippen molar-refractivity contribution in [2.24, 2.45) is 0 Å². The standard InChI is InChI=1S/C2H2Cl2FO5P/c3-2(4,5)1(6)10-11(7,8)9/h(H2,7,8,9). The average Bonchev–Trinajstić information content (AvgIpc) is 1.56. The number of carbonyl (C=O) groups is 1. The zero-order valence-corrected chi connectivity index (χ0v) is 7.11. The molecule has 0 fully saturated rings. The van der Waals surface area contributed by atoms with Crippen LogP contribution < -0.4 is 0 Å². The van der Waals surface area contributed by atoms with Gasteiger partial charge in [0.1, 0.15) is 0 Å². The van der Waals surface area contributed by atoms with Gasteiger partial charge in [0, 0.05) is 0 Å². The second kappa shape index (κ2) is 3.25. The Morgan fingerprint density at radius 3 is 2.00 bits per heavy atom. The lowest BCUT2D eigenvalue weighted by Crippen LogP contribution is -2.21. The summed E-state index contributed by atoms with van der Waals surface area (Å²) in [5.74, 6) is -2.05. The van der Waals surface area contributed by atoms with Crippen LogP contribution in [0.15, 0.2) is 0 Å². The van der Waals surface area contributed by atoms with Gasteiger partial charge in [-0.2, -0.15) is 4.39 Å². The predicted molar refractivity (Wildman–Crippen MR) is 33.7 cm³/mol. The molecular weight excluding hydrogens is 225 g/mol. The first-order chi connectivity index (χ1) is 4.63. The molecule has 11 heavy (non-hydrogen) atoms. The Labute approximate surface area is 70.3 Å². The lowest BCUT2D eigenvalue weighted by Gasteiger charge is -2.08. The van der Waals surface area contributed by atoms with E-state index in [2.05, 4.69) is 27.7 Å². The highest BCUT2D eigenvalue weighted by Gasteiger charge is 2.39. The summed E-state index contributed by atoms with van der Waals surface area (Å²) in [6.45, 7) is 0. The SMILES string of the molecule is O=C(OP(=O)(O)O)C(F)(Cl)Cl. The van der Waals surface area contributed by atoms with Gasteiger partial charge in [-0.3, -0.25) is 9.79 Å². The molecule has 0 aliphatic rings. The normalized spacial score (nSPS) is 12.8. The Morgan fingerprint density at radius 1 is 1.55 bits per heavy atom. The van der Waals surface area contributed by atoms with Gasteiger partial charge in [0.25, 0.3) is 0 Å². The van der Waals surface area contributed by atoms with Crippen molar-refractivity contribution < 1.29 is 28.1 Å². The fraction of sp³-hybridized carbons (Fsp3) is 0.500. The quantitative estimate of drug-likeness (QED) is 0.536. The topological polar surface area (TPSA) is 83.8 Å². The van der Waals surface area contributed by atoms with Crippen LogP contribution in [0.25, 0.3) is 0 Å². The Balaban J connectivity index is 4.23. The summed E-state index contributed by atoms with van der Waals surface area (Å²) in [5.41, 5.74) is 0. The van der Waals surface area contributed by atoms with Gasteiger partial charge in [0.05, 0.1) is 0 Å². The predicted octanol–water partition coefficient (Wildman–Crippen LogP) is 0.723. The molecular formula is C2H2Cl2FO5P. The summed E-state index contributed by atoms with van der Waals surface area (Å²) in [6, 6.07) is 0. The molecule has 0 saturated carbocycles. The summed E-state index contributed by atoms with van der Waals surface area (Å²) < 4.78 is 21.6. The molecule has 0 atom stereocenters. The van der Waals surface area contributed by atoms with Crippen LogP contribution >= 0.6 is 31.0 Å². The first-order valence-corrected chi connectivity index (χ1v) is 4.28. The van der Waals surface area contributed by atoms with E-state index >= 15 is 0 Å². The Hall–Kier alpha value is 0.130. The smallest absolute Gasteiger partial charge is 0.366 e. The number of rotatable bonds is 2. The van der Waals surface area contributed by atoms with Gasteiger partial charge in [0.15, 0.2) is 0 Å². The number of carbonyl (C=O) groups excluding carboxylic acids is 1. The van der Waals surface area contributed by atoms with E-state index in [9.17, 15) is 13.8 Å².